The number of alkyl halides is 2. The van der Waals surface area contributed by atoms with Crippen molar-refractivity contribution in [2.24, 2.45) is 9.36 Å². The number of carboxylic acid groups (broad SMARTS) is 1. The van der Waals surface area contributed by atoms with Crippen LogP contribution in [-0.4, -0.2) is 55.9 Å². The van der Waals surface area contributed by atoms with E-state index in [1.165, 1.54) is 0 Å². The van der Waals surface area contributed by atoms with Gasteiger partial charge in [-0.15, -0.1) is 0 Å². The van der Waals surface area contributed by atoms with Crippen LogP contribution in [0.4, 0.5) is 23.8 Å². The van der Waals surface area contributed by atoms with E-state index in [2.05, 4.69) is 14.3 Å². The summed E-state index contributed by atoms with van der Waals surface area (Å²) in [4.78, 5) is 18.6. The third-order valence-electron chi connectivity index (χ3n) is 4.21. The lowest BCUT2D eigenvalue weighted by Gasteiger charge is -2.39. The third-order valence-corrected chi connectivity index (χ3v) is 6.66. The van der Waals surface area contributed by atoms with Gasteiger partial charge in [-0.2, -0.15) is 0 Å². The van der Waals surface area contributed by atoms with Crippen molar-refractivity contribution in [1.29, 1.82) is 0 Å². The lowest BCUT2D eigenvalue weighted by atomic mass is 9.97. The summed E-state index contributed by atoms with van der Waals surface area (Å²) in [5.41, 5.74) is 2.01. The molecule has 3 heterocycles. The van der Waals surface area contributed by atoms with Gasteiger partial charge in [0.1, 0.15) is 27.2 Å². The quantitative estimate of drug-likeness (QED) is 0.682. The zero-order valence-electron chi connectivity index (χ0n) is 13.9. The Kier molecular flexibility index (Phi) is 4.88. The number of nitrogens with zero attached hydrogens (tertiary/aromatic N) is 4. The maximum absolute atomic E-state index is 14.4. The van der Waals surface area contributed by atoms with Gasteiger partial charge in [-0.1, -0.05) is 0 Å². The van der Waals surface area contributed by atoms with Crippen LogP contribution in [0.3, 0.4) is 0 Å². The van der Waals surface area contributed by atoms with Gasteiger partial charge < -0.3 is 10.8 Å². The lowest BCUT2D eigenvalue weighted by molar-refractivity contribution is 0.0589. The molecule has 1 aromatic rings. The van der Waals surface area contributed by atoms with Gasteiger partial charge >= 0.3 is 6.09 Å². The molecule has 2 atom stereocenters. The Bertz CT molecular complexity index is 917. The second-order valence-corrected chi connectivity index (χ2v) is 8.27. The van der Waals surface area contributed by atoms with Gasteiger partial charge in [0.05, 0.1) is 12.3 Å². The monoisotopic (exact) mass is 406 g/mol. The first-order chi connectivity index (χ1) is 12.7. The first-order valence-corrected chi connectivity index (χ1v) is 9.61. The molecular weight excluding hydrogens is 389 g/mol. The number of hydrogen-bond donors (Lipinski definition) is 3. The summed E-state index contributed by atoms with van der Waals surface area (Å²) in [5.74, 6) is -2.76. The molecule has 9 nitrogen and oxygen atoms in total. The molecule has 148 valence electrons. The topological polar surface area (TPSA) is 133 Å². The van der Waals surface area contributed by atoms with Crippen LogP contribution < -0.4 is 11.1 Å². The normalized spacial score (nSPS) is 28.0. The number of aliphatic imine (C=N–C) groups is 1. The molecule has 0 aliphatic carbocycles. The number of hydrogen-bond acceptors (Lipinski definition) is 6. The number of pyridine rings is 1. The number of halogens is 3. The van der Waals surface area contributed by atoms with Crippen LogP contribution in [0.2, 0.25) is 0 Å². The second kappa shape index (κ2) is 6.87. The molecule has 2 aliphatic heterocycles. The molecule has 4 N–H and O–H groups in total. The molecule has 0 fully saturated rings. The number of anilines is 1. The molecule has 2 aliphatic rings. The van der Waals surface area contributed by atoms with Crippen LogP contribution in [0.15, 0.2) is 21.5 Å². The molecule has 0 aromatic carbocycles. The minimum Gasteiger partial charge on any atom is -0.465 e. The van der Waals surface area contributed by atoms with E-state index >= 15 is 0 Å². The zero-order valence-corrected chi connectivity index (χ0v) is 14.8. The van der Waals surface area contributed by atoms with Crippen molar-refractivity contribution in [3.8, 4) is 0 Å². The fourth-order valence-corrected chi connectivity index (χ4v) is 5.47. The van der Waals surface area contributed by atoms with E-state index in [9.17, 15) is 22.2 Å². The molecule has 1 aromatic heterocycles. The van der Waals surface area contributed by atoms with E-state index in [1.807, 2.05) is 5.32 Å². The van der Waals surface area contributed by atoms with Gasteiger partial charge in [0, 0.05) is 6.54 Å². The predicted octanol–water partition coefficient (Wildman–Crippen LogP) is 1.38. The first-order valence-electron chi connectivity index (χ1n) is 7.97. The van der Waals surface area contributed by atoms with Crippen LogP contribution in [0, 0.1) is 5.82 Å². The van der Waals surface area contributed by atoms with Gasteiger partial charge in [0.25, 0.3) is 6.43 Å². The first kappa shape index (κ1) is 19.2. The Morgan fingerprint density at radius 2 is 2.15 bits per heavy atom. The molecule has 0 unspecified atom stereocenters. The summed E-state index contributed by atoms with van der Waals surface area (Å²) in [6, 6.07) is 1.94. The molecule has 0 saturated heterocycles. The number of nitrogens with two attached hydrogens (primary N) is 1. The van der Waals surface area contributed by atoms with E-state index in [0.717, 1.165) is 16.4 Å². The van der Waals surface area contributed by atoms with Gasteiger partial charge in [-0.3, -0.25) is 9.62 Å². The molecule has 0 spiro atoms. The molecule has 13 heteroatoms. The van der Waals surface area contributed by atoms with Crippen LogP contribution in [0.1, 0.15) is 18.5 Å². The highest BCUT2D eigenvalue weighted by Gasteiger charge is 2.53. The molecule has 0 saturated carbocycles. The molecular formula is C14H17F3N6O3S. The van der Waals surface area contributed by atoms with Gasteiger partial charge in [0.15, 0.2) is 5.54 Å². The van der Waals surface area contributed by atoms with Crippen molar-refractivity contribution in [3.63, 3.8) is 0 Å². The van der Waals surface area contributed by atoms with Crippen LogP contribution in [-0.2, 0) is 15.5 Å². The molecule has 1 amide bonds. The minimum atomic E-state index is -3.52. The SMILES string of the molecule is Nc1ccc(F)c([C@]2(C(F)F)C[S@@]3(=O)=NCCCCN3C(NC(=O)O)=N2)n1. The molecule has 3 rings (SSSR count). The Morgan fingerprint density at radius 1 is 1.41 bits per heavy atom. The number of aromatic nitrogens is 1. The number of nitrogens with one attached hydrogen (secondary N) is 1. The highest BCUT2D eigenvalue weighted by molar-refractivity contribution is 7.92. The van der Waals surface area contributed by atoms with Gasteiger partial charge in [0.2, 0.25) is 5.96 Å². The second-order valence-electron chi connectivity index (χ2n) is 6.07. The van der Waals surface area contributed by atoms with Crippen LogP contribution >= 0.6 is 0 Å². The smallest absolute Gasteiger partial charge is 0.411 e. The maximum Gasteiger partial charge on any atom is 0.411 e. The number of nitrogen functional groups attached to an aromatic ring is 1. The van der Waals surface area contributed by atoms with Crippen molar-refractivity contribution in [2.75, 3.05) is 24.6 Å². The van der Waals surface area contributed by atoms with Crippen molar-refractivity contribution in [3.05, 3.63) is 23.6 Å². The van der Waals surface area contributed by atoms with Gasteiger partial charge in [-0.25, -0.2) is 36.5 Å². The standard InChI is InChI=1S/C14H17F3N6O3S/c15-8-3-4-9(18)20-10(8)14(11(16)17)7-27(26)19-5-1-2-6-23(27)12(22-14)21-13(24)25/h3-4,11H,1-2,5-7H2,(H2,18,20)(H,21,22)(H,24,25)/t14-,27+/m0/s1. The summed E-state index contributed by atoms with van der Waals surface area (Å²) in [7, 11) is -3.52. The maximum atomic E-state index is 14.4. The van der Waals surface area contributed by atoms with Gasteiger partial charge in [-0.05, 0) is 25.0 Å². The van der Waals surface area contributed by atoms with E-state index < -0.39 is 51.2 Å². The summed E-state index contributed by atoms with van der Waals surface area (Å²) in [5, 5.41) is 10.9. The van der Waals surface area contributed by atoms with Crippen molar-refractivity contribution >= 4 is 27.8 Å². The number of amides is 1. The van der Waals surface area contributed by atoms with E-state index in [0.29, 0.717) is 12.8 Å². The molecule has 0 bridgehead atoms. The number of guanidine groups is 1. The third kappa shape index (κ3) is 3.38. The minimum absolute atomic E-state index is 0.105. The highest BCUT2D eigenvalue weighted by atomic mass is 32.2. The van der Waals surface area contributed by atoms with E-state index in [1.54, 1.807) is 0 Å². The fourth-order valence-electron chi connectivity index (χ4n) is 3.00. The largest absolute Gasteiger partial charge is 0.465 e. The number of fused-ring (bicyclic) bond motifs is 1. The lowest BCUT2D eigenvalue weighted by Crippen LogP contribution is -2.57. The highest BCUT2D eigenvalue weighted by Crippen LogP contribution is 2.40. The Hall–Kier alpha value is -2.57. The van der Waals surface area contributed by atoms with E-state index in [-0.39, 0.29) is 18.9 Å². The van der Waals surface area contributed by atoms with E-state index in [4.69, 9.17) is 10.8 Å². The molecule has 0 radical (unpaired) electrons. The average molecular weight is 406 g/mol. The van der Waals surface area contributed by atoms with Crippen LogP contribution in [0.5, 0.6) is 0 Å². The fraction of sp³-hybridized carbons (Fsp3) is 0.500. The van der Waals surface area contributed by atoms with Crippen LogP contribution in [0.25, 0.3) is 0 Å². The molecule has 27 heavy (non-hydrogen) atoms. The number of rotatable bonds is 2. The zero-order chi connectivity index (χ0) is 19.8. The number of carbonyl (C=O) groups is 1. The summed E-state index contributed by atoms with van der Waals surface area (Å²) < 4.78 is 61.3. The Balaban J connectivity index is 2.30. The van der Waals surface area contributed by atoms with Crippen molar-refractivity contribution < 1.29 is 27.3 Å². The Morgan fingerprint density at radius 3 is 2.81 bits per heavy atom. The van der Waals surface area contributed by atoms with Crippen molar-refractivity contribution in [1.82, 2.24) is 14.6 Å². The summed E-state index contributed by atoms with van der Waals surface area (Å²) in [6.45, 7) is 0.245. The average Bonchev–Trinajstić information content (AvgIpc) is 2.77. The summed E-state index contributed by atoms with van der Waals surface area (Å²) >= 11 is 0. The van der Waals surface area contributed by atoms with Crippen molar-refractivity contribution in [2.45, 2.75) is 24.8 Å². The summed E-state index contributed by atoms with van der Waals surface area (Å²) in [6.07, 6.45) is -3.88. The Labute approximate surface area is 152 Å². The predicted molar refractivity (Wildman–Crippen MR) is 91.1 cm³/mol.